The van der Waals surface area contributed by atoms with E-state index in [1.807, 2.05) is 0 Å². The van der Waals surface area contributed by atoms with Gasteiger partial charge in [-0.25, -0.2) is 4.39 Å². The molecule has 0 bridgehead atoms. The Labute approximate surface area is 71.4 Å². The van der Waals surface area contributed by atoms with Crippen LogP contribution in [-0.4, -0.2) is 0 Å². The summed E-state index contributed by atoms with van der Waals surface area (Å²) >= 11 is 0. The Kier molecular flexibility index (Phi) is 2.35. The van der Waals surface area contributed by atoms with Crippen molar-refractivity contribution in [3.05, 3.63) is 29.1 Å². The van der Waals surface area contributed by atoms with Crippen molar-refractivity contribution in [3.63, 3.8) is 0 Å². The fraction of sp³-hybridized carbons (Fsp3) is 0.200. The van der Waals surface area contributed by atoms with E-state index in [1.165, 1.54) is 6.07 Å². The number of nitrogens with two attached hydrogens (primary N) is 1. The zero-order valence-corrected chi connectivity index (χ0v) is 7.11. The van der Waals surface area contributed by atoms with Crippen molar-refractivity contribution >= 4 is 5.69 Å². The molecule has 1 rings (SSSR count). The molecule has 2 heteroatoms. The molecule has 0 radical (unpaired) electrons. The lowest BCUT2D eigenvalue weighted by molar-refractivity contribution is 0.618. The standard InChI is InChI=1S/C10H10FN/c1-3-4-8-6-9(11)7(2)5-10(8)12/h5-6H,12H2,1-2H3. The number of halogens is 1. The predicted molar refractivity (Wildman–Crippen MR) is 48.1 cm³/mol. The van der Waals surface area contributed by atoms with Crippen LogP contribution in [0.1, 0.15) is 18.1 Å². The van der Waals surface area contributed by atoms with E-state index >= 15 is 0 Å². The van der Waals surface area contributed by atoms with E-state index < -0.39 is 0 Å². The molecule has 0 unspecified atom stereocenters. The zero-order chi connectivity index (χ0) is 9.14. The van der Waals surface area contributed by atoms with Crippen LogP contribution in [-0.2, 0) is 0 Å². The van der Waals surface area contributed by atoms with Gasteiger partial charge in [0, 0.05) is 5.69 Å². The molecule has 0 heterocycles. The van der Waals surface area contributed by atoms with Gasteiger partial charge in [0.1, 0.15) is 5.82 Å². The van der Waals surface area contributed by atoms with Crippen LogP contribution in [0.4, 0.5) is 10.1 Å². The fourth-order valence-electron chi connectivity index (χ4n) is 0.947. The smallest absolute Gasteiger partial charge is 0.127 e. The molecule has 1 aromatic carbocycles. The molecular formula is C10H10FN. The van der Waals surface area contributed by atoms with Gasteiger partial charge in [0.2, 0.25) is 0 Å². The normalized spacial score (nSPS) is 8.92. The van der Waals surface area contributed by atoms with E-state index in [1.54, 1.807) is 19.9 Å². The molecule has 0 aliphatic rings. The molecule has 0 atom stereocenters. The maximum Gasteiger partial charge on any atom is 0.127 e. The Morgan fingerprint density at radius 1 is 1.42 bits per heavy atom. The van der Waals surface area contributed by atoms with Crippen molar-refractivity contribution in [3.8, 4) is 11.8 Å². The van der Waals surface area contributed by atoms with Crippen LogP contribution < -0.4 is 5.73 Å². The monoisotopic (exact) mass is 163 g/mol. The van der Waals surface area contributed by atoms with Gasteiger partial charge in [-0.05, 0) is 31.5 Å². The summed E-state index contributed by atoms with van der Waals surface area (Å²) in [5.41, 5.74) is 7.24. The molecule has 0 aliphatic carbocycles. The van der Waals surface area contributed by atoms with Crippen LogP contribution >= 0.6 is 0 Å². The van der Waals surface area contributed by atoms with Crippen LogP contribution in [0.3, 0.4) is 0 Å². The number of benzene rings is 1. The van der Waals surface area contributed by atoms with Crippen molar-refractivity contribution in [1.82, 2.24) is 0 Å². The summed E-state index contributed by atoms with van der Waals surface area (Å²) in [6, 6.07) is 2.95. The second-order valence-electron chi connectivity index (χ2n) is 2.56. The first kappa shape index (κ1) is 8.61. The molecule has 12 heavy (non-hydrogen) atoms. The summed E-state index contributed by atoms with van der Waals surface area (Å²) in [6.45, 7) is 3.37. The van der Waals surface area contributed by atoms with Crippen LogP contribution in [0.2, 0.25) is 0 Å². The molecule has 0 amide bonds. The van der Waals surface area contributed by atoms with Gasteiger partial charge in [0.25, 0.3) is 0 Å². The molecule has 1 aromatic rings. The minimum Gasteiger partial charge on any atom is -0.398 e. The van der Waals surface area contributed by atoms with Crippen LogP contribution in [0.25, 0.3) is 0 Å². The highest BCUT2D eigenvalue weighted by atomic mass is 19.1. The molecule has 0 aromatic heterocycles. The van der Waals surface area contributed by atoms with E-state index in [-0.39, 0.29) is 5.82 Å². The number of rotatable bonds is 0. The van der Waals surface area contributed by atoms with E-state index in [9.17, 15) is 4.39 Å². The van der Waals surface area contributed by atoms with Gasteiger partial charge in [-0.1, -0.05) is 5.92 Å². The number of nitrogen functional groups attached to an aromatic ring is 1. The molecule has 2 N–H and O–H groups in total. The first-order valence-electron chi connectivity index (χ1n) is 3.63. The first-order chi connectivity index (χ1) is 5.65. The maximum absolute atomic E-state index is 13.0. The first-order valence-corrected chi connectivity index (χ1v) is 3.63. The lowest BCUT2D eigenvalue weighted by Gasteiger charge is -2.00. The Morgan fingerprint density at radius 2 is 2.08 bits per heavy atom. The Bertz CT molecular complexity index is 358. The highest BCUT2D eigenvalue weighted by molar-refractivity contribution is 5.57. The van der Waals surface area contributed by atoms with Crippen molar-refractivity contribution in [2.45, 2.75) is 13.8 Å². The summed E-state index contributed by atoms with van der Waals surface area (Å²) in [5, 5.41) is 0. The summed E-state index contributed by atoms with van der Waals surface area (Å²) in [4.78, 5) is 0. The van der Waals surface area contributed by atoms with Crippen LogP contribution in [0, 0.1) is 24.6 Å². The lowest BCUT2D eigenvalue weighted by Crippen LogP contribution is -1.93. The second-order valence-corrected chi connectivity index (χ2v) is 2.56. The highest BCUT2D eigenvalue weighted by Crippen LogP contribution is 2.16. The molecule has 0 saturated heterocycles. The van der Waals surface area contributed by atoms with Crippen molar-refractivity contribution in [2.24, 2.45) is 0 Å². The molecule has 0 spiro atoms. The van der Waals surface area contributed by atoms with E-state index in [2.05, 4.69) is 11.8 Å². The van der Waals surface area contributed by atoms with E-state index in [0.29, 0.717) is 16.8 Å². The number of hydrogen-bond donors (Lipinski definition) is 1. The third kappa shape index (κ3) is 1.57. The predicted octanol–water partition coefficient (Wildman–Crippen LogP) is 2.09. The Balaban J connectivity index is 3.29. The fourth-order valence-corrected chi connectivity index (χ4v) is 0.947. The molecule has 0 saturated carbocycles. The lowest BCUT2D eigenvalue weighted by atomic mass is 10.1. The van der Waals surface area contributed by atoms with Gasteiger partial charge in [-0.15, -0.1) is 5.92 Å². The minimum absolute atomic E-state index is 0.262. The topological polar surface area (TPSA) is 26.0 Å². The van der Waals surface area contributed by atoms with Gasteiger partial charge in [0.05, 0.1) is 5.56 Å². The van der Waals surface area contributed by atoms with Crippen molar-refractivity contribution in [1.29, 1.82) is 0 Å². The minimum atomic E-state index is -0.262. The van der Waals surface area contributed by atoms with Crippen LogP contribution in [0.5, 0.6) is 0 Å². The third-order valence-corrected chi connectivity index (χ3v) is 1.59. The maximum atomic E-state index is 13.0. The SMILES string of the molecule is CC#Cc1cc(F)c(C)cc1N. The number of anilines is 1. The molecule has 62 valence electrons. The summed E-state index contributed by atoms with van der Waals surface area (Å²) in [7, 11) is 0. The largest absolute Gasteiger partial charge is 0.398 e. The molecule has 0 fully saturated rings. The number of aryl methyl sites for hydroxylation is 1. The van der Waals surface area contributed by atoms with Crippen molar-refractivity contribution < 1.29 is 4.39 Å². The Hall–Kier alpha value is -1.49. The number of hydrogen-bond acceptors (Lipinski definition) is 1. The molecule has 1 nitrogen and oxygen atoms in total. The average molecular weight is 163 g/mol. The van der Waals surface area contributed by atoms with E-state index in [4.69, 9.17) is 5.73 Å². The zero-order valence-electron chi connectivity index (χ0n) is 7.11. The highest BCUT2D eigenvalue weighted by Gasteiger charge is 2.01. The third-order valence-electron chi connectivity index (χ3n) is 1.59. The molecular weight excluding hydrogens is 153 g/mol. The van der Waals surface area contributed by atoms with Gasteiger partial charge >= 0.3 is 0 Å². The molecule has 0 aliphatic heterocycles. The average Bonchev–Trinajstić information content (AvgIpc) is 2.01. The second kappa shape index (κ2) is 3.27. The Morgan fingerprint density at radius 3 is 2.67 bits per heavy atom. The quantitative estimate of drug-likeness (QED) is 0.460. The summed E-state index contributed by atoms with van der Waals surface area (Å²) in [5.74, 6) is 5.14. The van der Waals surface area contributed by atoms with Crippen LogP contribution in [0.15, 0.2) is 12.1 Å². The van der Waals surface area contributed by atoms with Gasteiger partial charge < -0.3 is 5.73 Å². The summed E-state index contributed by atoms with van der Waals surface area (Å²) < 4.78 is 13.0. The summed E-state index contributed by atoms with van der Waals surface area (Å²) in [6.07, 6.45) is 0. The van der Waals surface area contributed by atoms with E-state index in [0.717, 1.165) is 0 Å². The van der Waals surface area contributed by atoms with Crippen molar-refractivity contribution in [2.75, 3.05) is 5.73 Å². The van der Waals surface area contributed by atoms with Gasteiger partial charge in [-0.3, -0.25) is 0 Å². The van der Waals surface area contributed by atoms with Gasteiger partial charge in [-0.2, -0.15) is 0 Å². The van der Waals surface area contributed by atoms with Gasteiger partial charge in [0.15, 0.2) is 0 Å².